The molecule has 0 aliphatic rings. The van der Waals surface area contributed by atoms with Crippen LogP contribution in [-0.2, 0) is 0 Å². The van der Waals surface area contributed by atoms with E-state index in [-0.39, 0.29) is 6.04 Å². The average molecular weight is 258 g/mol. The van der Waals surface area contributed by atoms with Crippen molar-refractivity contribution >= 4 is 15.9 Å². The molecule has 0 radical (unpaired) electrons. The molecule has 1 rings (SSSR count). The summed E-state index contributed by atoms with van der Waals surface area (Å²) >= 11 is 3.39. The number of hydrogen-bond acceptors (Lipinski definition) is 2. The Bertz CT molecular complexity index is 288. The molecular weight excluding hydrogens is 242 g/mol. The van der Waals surface area contributed by atoms with Crippen molar-refractivity contribution in [1.29, 1.82) is 0 Å². The SMILES string of the molecule is CC(C)[C@H](N)COc1cccc(Br)c1. The maximum Gasteiger partial charge on any atom is 0.120 e. The number of ether oxygens (including phenoxy) is 1. The van der Waals surface area contributed by atoms with Crippen LogP contribution in [0.1, 0.15) is 13.8 Å². The standard InChI is InChI=1S/C11H16BrNO/c1-8(2)11(13)7-14-10-5-3-4-9(12)6-10/h3-6,8,11H,7,13H2,1-2H3/t11-/m1/s1. The zero-order chi connectivity index (χ0) is 10.6. The molecule has 0 aromatic heterocycles. The summed E-state index contributed by atoms with van der Waals surface area (Å²) in [4.78, 5) is 0. The van der Waals surface area contributed by atoms with Crippen LogP contribution in [0.5, 0.6) is 5.75 Å². The van der Waals surface area contributed by atoms with Gasteiger partial charge in [0.15, 0.2) is 0 Å². The highest BCUT2D eigenvalue weighted by atomic mass is 79.9. The first kappa shape index (κ1) is 11.5. The smallest absolute Gasteiger partial charge is 0.120 e. The molecule has 14 heavy (non-hydrogen) atoms. The van der Waals surface area contributed by atoms with Crippen molar-refractivity contribution in [3.8, 4) is 5.75 Å². The van der Waals surface area contributed by atoms with Gasteiger partial charge in [0.05, 0.1) is 0 Å². The molecule has 1 aromatic rings. The second kappa shape index (κ2) is 5.37. The van der Waals surface area contributed by atoms with Crippen molar-refractivity contribution in [3.63, 3.8) is 0 Å². The highest BCUT2D eigenvalue weighted by Gasteiger charge is 2.07. The highest BCUT2D eigenvalue weighted by molar-refractivity contribution is 9.10. The summed E-state index contributed by atoms with van der Waals surface area (Å²) < 4.78 is 6.58. The summed E-state index contributed by atoms with van der Waals surface area (Å²) in [6.07, 6.45) is 0. The van der Waals surface area contributed by atoms with E-state index in [1.807, 2.05) is 24.3 Å². The van der Waals surface area contributed by atoms with E-state index in [9.17, 15) is 0 Å². The van der Waals surface area contributed by atoms with Crippen molar-refractivity contribution in [3.05, 3.63) is 28.7 Å². The van der Waals surface area contributed by atoms with E-state index in [4.69, 9.17) is 10.5 Å². The van der Waals surface area contributed by atoms with E-state index in [0.717, 1.165) is 10.2 Å². The largest absolute Gasteiger partial charge is 0.492 e. The molecule has 2 nitrogen and oxygen atoms in total. The Hall–Kier alpha value is -0.540. The molecule has 1 aromatic carbocycles. The van der Waals surface area contributed by atoms with Crippen LogP contribution in [0.25, 0.3) is 0 Å². The number of halogens is 1. The maximum atomic E-state index is 5.87. The van der Waals surface area contributed by atoms with Gasteiger partial charge in [0, 0.05) is 10.5 Å². The van der Waals surface area contributed by atoms with Gasteiger partial charge in [-0.3, -0.25) is 0 Å². The molecule has 3 heteroatoms. The van der Waals surface area contributed by atoms with Crippen molar-refractivity contribution in [2.45, 2.75) is 19.9 Å². The van der Waals surface area contributed by atoms with Crippen molar-refractivity contribution in [1.82, 2.24) is 0 Å². The predicted molar refractivity (Wildman–Crippen MR) is 62.5 cm³/mol. The first-order valence-corrected chi connectivity index (χ1v) is 5.53. The number of hydrogen-bond donors (Lipinski definition) is 1. The summed E-state index contributed by atoms with van der Waals surface area (Å²) in [5.41, 5.74) is 5.87. The molecule has 0 bridgehead atoms. The van der Waals surface area contributed by atoms with E-state index >= 15 is 0 Å². The van der Waals surface area contributed by atoms with Gasteiger partial charge in [-0.15, -0.1) is 0 Å². The normalized spacial score (nSPS) is 12.9. The molecule has 2 N–H and O–H groups in total. The number of rotatable bonds is 4. The molecule has 78 valence electrons. The van der Waals surface area contributed by atoms with Crippen LogP contribution >= 0.6 is 15.9 Å². The molecule has 0 amide bonds. The van der Waals surface area contributed by atoms with Crippen LogP contribution in [-0.4, -0.2) is 12.6 Å². The van der Waals surface area contributed by atoms with Gasteiger partial charge < -0.3 is 10.5 Å². The van der Waals surface area contributed by atoms with Gasteiger partial charge in [-0.05, 0) is 24.1 Å². The fraction of sp³-hybridized carbons (Fsp3) is 0.455. The molecule has 0 saturated heterocycles. The monoisotopic (exact) mass is 257 g/mol. The highest BCUT2D eigenvalue weighted by Crippen LogP contribution is 2.18. The Kier molecular flexibility index (Phi) is 4.42. The van der Waals surface area contributed by atoms with Crippen molar-refractivity contribution < 1.29 is 4.74 Å². The van der Waals surface area contributed by atoms with Gasteiger partial charge in [-0.25, -0.2) is 0 Å². The lowest BCUT2D eigenvalue weighted by atomic mass is 10.1. The Balaban J connectivity index is 2.45. The number of nitrogens with two attached hydrogens (primary N) is 1. The van der Waals surface area contributed by atoms with Crippen LogP contribution in [0, 0.1) is 5.92 Å². The second-order valence-corrected chi connectivity index (χ2v) is 4.59. The van der Waals surface area contributed by atoms with E-state index in [0.29, 0.717) is 12.5 Å². The first-order chi connectivity index (χ1) is 6.59. The minimum atomic E-state index is 0.0916. The minimum absolute atomic E-state index is 0.0916. The topological polar surface area (TPSA) is 35.2 Å². The van der Waals surface area contributed by atoms with Crippen molar-refractivity contribution in [2.75, 3.05) is 6.61 Å². The van der Waals surface area contributed by atoms with Crippen LogP contribution in [0.15, 0.2) is 28.7 Å². The van der Waals surface area contributed by atoms with Crippen LogP contribution in [0.3, 0.4) is 0 Å². The van der Waals surface area contributed by atoms with Crippen LogP contribution in [0.4, 0.5) is 0 Å². The predicted octanol–water partition coefficient (Wildman–Crippen LogP) is 2.81. The maximum absolute atomic E-state index is 5.87. The molecule has 1 atom stereocenters. The van der Waals surface area contributed by atoms with E-state index < -0.39 is 0 Å². The molecule has 0 aliphatic carbocycles. The lowest BCUT2D eigenvalue weighted by Gasteiger charge is -2.16. The summed E-state index contributed by atoms with van der Waals surface area (Å²) in [5.74, 6) is 1.30. The Morgan fingerprint density at radius 1 is 1.43 bits per heavy atom. The third kappa shape index (κ3) is 3.68. The fourth-order valence-corrected chi connectivity index (χ4v) is 1.32. The lowest BCUT2D eigenvalue weighted by molar-refractivity contribution is 0.259. The van der Waals surface area contributed by atoms with E-state index in [2.05, 4.69) is 29.8 Å². The summed E-state index contributed by atoms with van der Waals surface area (Å²) in [6, 6.07) is 7.87. The van der Waals surface area contributed by atoms with Crippen LogP contribution in [0.2, 0.25) is 0 Å². The van der Waals surface area contributed by atoms with Crippen LogP contribution < -0.4 is 10.5 Å². The summed E-state index contributed by atoms with van der Waals surface area (Å²) in [6.45, 7) is 4.75. The second-order valence-electron chi connectivity index (χ2n) is 3.68. The van der Waals surface area contributed by atoms with Gasteiger partial charge in [0.2, 0.25) is 0 Å². The summed E-state index contributed by atoms with van der Waals surface area (Å²) in [7, 11) is 0. The quantitative estimate of drug-likeness (QED) is 0.901. The first-order valence-electron chi connectivity index (χ1n) is 4.73. The third-order valence-corrected chi connectivity index (χ3v) is 2.59. The third-order valence-electron chi connectivity index (χ3n) is 2.09. The molecular formula is C11H16BrNO. The van der Waals surface area contributed by atoms with Gasteiger partial charge in [-0.2, -0.15) is 0 Å². The van der Waals surface area contributed by atoms with E-state index in [1.165, 1.54) is 0 Å². The van der Waals surface area contributed by atoms with Gasteiger partial charge in [0.25, 0.3) is 0 Å². The molecule has 0 spiro atoms. The Morgan fingerprint density at radius 3 is 2.71 bits per heavy atom. The Labute approximate surface area is 93.6 Å². The zero-order valence-electron chi connectivity index (χ0n) is 8.53. The molecule has 0 saturated carbocycles. The Morgan fingerprint density at radius 2 is 2.14 bits per heavy atom. The van der Waals surface area contributed by atoms with Gasteiger partial charge in [0.1, 0.15) is 12.4 Å². The zero-order valence-corrected chi connectivity index (χ0v) is 10.1. The molecule has 0 unspecified atom stereocenters. The van der Waals surface area contributed by atoms with E-state index in [1.54, 1.807) is 0 Å². The lowest BCUT2D eigenvalue weighted by Crippen LogP contribution is -2.32. The molecule has 0 fully saturated rings. The minimum Gasteiger partial charge on any atom is -0.492 e. The fourth-order valence-electron chi connectivity index (χ4n) is 0.942. The molecule has 0 heterocycles. The van der Waals surface area contributed by atoms with Gasteiger partial charge >= 0.3 is 0 Å². The molecule has 0 aliphatic heterocycles. The number of benzene rings is 1. The van der Waals surface area contributed by atoms with Gasteiger partial charge in [-0.1, -0.05) is 35.8 Å². The average Bonchev–Trinajstić information content (AvgIpc) is 2.14. The summed E-state index contributed by atoms with van der Waals surface area (Å²) in [5, 5.41) is 0. The van der Waals surface area contributed by atoms with Crippen molar-refractivity contribution in [2.24, 2.45) is 11.7 Å².